The molecule has 0 amide bonds. The van der Waals surface area contributed by atoms with Crippen molar-refractivity contribution in [3.8, 4) is 17.2 Å². The predicted octanol–water partition coefficient (Wildman–Crippen LogP) is 3.78. The average molecular weight is 329 g/mol. The second-order valence-electron chi connectivity index (χ2n) is 6.03. The molecule has 2 rings (SSSR count). The van der Waals surface area contributed by atoms with Gasteiger partial charge in [0.15, 0.2) is 11.5 Å². The van der Waals surface area contributed by atoms with Crippen molar-refractivity contribution in [1.82, 2.24) is 0 Å². The van der Waals surface area contributed by atoms with E-state index >= 15 is 0 Å². The van der Waals surface area contributed by atoms with Crippen molar-refractivity contribution in [1.29, 1.82) is 0 Å². The third-order valence-electron chi connectivity index (χ3n) is 3.94. The van der Waals surface area contributed by atoms with Crippen molar-refractivity contribution < 1.29 is 14.2 Å². The van der Waals surface area contributed by atoms with Crippen LogP contribution in [-0.2, 0) is 6.42 Å². The van der Waals surface area contributed by atoms with Crippen LogP contribution >= 0.6 is 0 Å². The first kappa shape index (κ1) is 18.1. The van der Waals surface area contributed by atoms with Gasteiger partial charge in [-0.1, -0.05) is 24.3 Å². The molecule has 0 aliphatic heterocycles. The Morgan fingerprint density at radius 2 is 1.62 bits per heavy atom. The second-order valence-corrected chi connectivity index (χ2v) is 6.03. The van der Waals surface area contributed by atoms with Crippen LogP contribution in [0, 0.1) is 0 Å². The molecule has 2 aromatic rings. The number of ether oxygens (including phenoxy) is 3. The van der Waals surface area contributed by atoms with E-state index in [2.05, 4.69) is 12.1 Å². The topological polar surface area (TPSA) is 53.7 Å². The number of nitrogens with two attached hydrogens (primary N) is 1. The highest BCUT2D eigenvalue weighted by Gasteiger charge is 2.16. The zero-order valence-corrected chi connectivity index (χ0v) is 14.9. The van der Waals surface area contributed by atoms with E-state index in [0.717, 1.165) is 34.8 Å². The maximum atomic E-state index is 6.04. The molecule has 0 saturated carbocycles. The smallest absolute Gasteiger partial charge is 0.161 e. The van der Waals surface area contributed by atoms with Crippen LogP contribution in [-0.4, -0.2) is 26.9 Å². The van der Waals surface area contributed by atoms with E-state index in [0.29, 0.717) is 6.54 Å². The zero-order chi connectivity index (χ0) is 17.5. The number of para-hydroxylation sites is 1. The summed E-state index contributed by atoms with van der Waals surface area (Å²) in [6.07, 6.45) is 0.906. The van der Waals surface area contributed by atoms with Crippen LogP contribution in [0.2, 0.25) is 0 Å². The SMILES string of the molecule is COc1ccc(CC(CN)c2ccccc2OC)cc1OC(C)C. The van der Waals surface area contributed by atoms with Crippen LogP contribution in [0.15, 0.2) is 42.5 Å². The third kappa shape index (κ3) is 4.42. The Morgan fingerprint density at radius 1 is 0.917 bits per heavy atom. The number of rotatable bonds is 8. The summed E-state index contributed by atoms with van der Waals surface area (Å²) >= 11 is 0. The van der Waals surface area contributed by atoms with Crippen LogP contribution in [0.3, 0.4) is 0 Å². The first-order valence-corrected chi connectivity index (χ1v) is 8.25. The molecule has 0 aromatic heterocycles. The molecule has 0 saturated heterocycles. The van der Waals surface area contributed by atoms with E-state index in [1.165, 1.54) is 0 Å². The van der Waals surface area contributed by atoms with Crippen LogP contribution < -0.4 is 19.9 Å². The average Bonchev–Trinajstić information content (AvgIpc) is 2.59. The summed E-state index contributed by atoms with van der Waals surface area (Å²) in [5, 5.41) is 0. The van der Waals surface area contributed by atoms with Gasteiger partial charge in [-0.25, -0.2) is 0 Å². The first-order valence-electron chi connectivity index (χ1n) is 8.25. The number of benzene rings is 2. The van der Waals surface area contributed by atoms with Crippen molar-refractivity contribution in [3.63, 3.8) is 0 Å². The maximum Gasteiger partial charge on any atom is 0.161 e. The van der Waals surface area contributed by atoms with E-state index in [4.69, 9.17) is 19.9 Å². The fraction of sp³-hybridized carbons (Fsp3) is 0.400. The zero-order valence-electron chi connectivity index (χ0n) is 14.9. The molecule has 130 valence electrons. The highest BCUT2D eigenvalue weighted by Crippen LogP contribution is 2.33. The molecule has 24 heavy (non-hydrogen) atoms. The molecule has 0 fully saturated rings. The Morgan fingerprint density at radius 3 is 2.25 bits per heavy atom. The van der Waals surface area contributed by atoms with E-state index in [9.17, 15) is 0 Å². The minimum absolute atomic E-state index is 0.0914. The Balaban J connectivity index is 2.27. The van der Waals surface area contributed by atoms with E-state index in [1.807, 2.05) is 44.2 Å². The number of hydrogen-bond donors (Lipinski definition) is 1. The first-order chi connectivity index (χ1) is 11.6. The summed E-state index contributed by atoms with van der Waals surface area (Å²) in [7, 11) is 3.34. The molecule has 1 atom stereocenters. The lowest BCUT2D eigenvalue weighted by Crippen LogP contribution is -2.16. The molecule has 2 aromatic carbocycles. The van der Waals surface area contributed by atoms with Gasteiger partial charge in [-0.05, 0) is 56.1 Å². The van der Waals surface area contributed by atoms with Crippen LogP contribution in [0.4, 0.5) is 0 Å². The number of methoxy groups -OCH3 is 2. The molecule has 0 aliphatic rings. The van der Waals surface area contributed by atoms with Crippen molar-refractivity contribution in [2.45, 2.75) is 32.3 Å². The summed E-state index contributed by atoms with van der Waals surface area (Å²) in [6.45, 7) is 4.56. The third-order valence-corrected chi connectivity index (χ3v) is 3.94. The lowest BCUT2D eigenvalue weighted by Gasteiger charge is -2.20. The molecule has 0 bridgehead atoms. The highest BCUT2D eigenvalue weighted by atomic mass is 16.5. The normalized spacial score (nSPS) is 12.1. The Hall–Kier alpha value is -2.20. The quantitative estimate of drug-likeness (QED) is 0.801. The van der Waals surface area contributed by atoms with Gasteiger partial charge < -0.3 is 19.9 Å². The fourth-order valence-electron chi connectivity index (χ4n) is 2.80. The van der Waals surface area contributed by atoms with Crippen molar-refractivity contribution in [2.75, 3.05) is 20.8 Å². The molecule has 2 N–H and O–H groups in total. The van der Waals surface area contributed by atoms with E-state index < -0.39 is 0 Å². The number of hydrogen-bond acceptors (Lipinski definition) is 4. The van der Waals surface area contributed by atoms with Gasteiger partial charge in [0, 0.05) is 5.92 Å². The molecule has 0 radical (unpaired) electrons. The molecule has 0 aliphatic carbocycles. The van der Waals surface area contributed by atoms with Gasteiger partial charge in [-0.15, -0.1) is 0 Å². The lowest BCUT2D eigenvalue weighted by molar-refractivity contribution is 0.230. The summed E-state index contributed by atoms with van der Waals surface area (Å²) in [5.74, 6) is 2.57. The highest BCUT2D eigenvalue weighted by molar-refractivity contribution is 5.44. The molecule has 1 unspecified atom stereocenters. The van der Waals surface area contributed by atoms with E-state index in [1.54, 1.807) is 14.2 Å². The Bertz CT molecular complexity index is 655. The summed E-state index contributed by atoms with van der Waals surface area (Å²) in [5.41, 5.74) is 8.33. The van der Waals surface area contributed by atoms with Gasteiger partial charge in [0.25, 0.3) is 0 Å². The fourth-order valence-corrected chi connectivity index (χ4v) is 2.80. The largest absolute Gasteiger partial charge is 0.496 e. The minimum atomic E-state index is 0.0914. The second kappa shape index (κ2) is 8.60. The molecular formula is C20H27NO3. The van der Waals surface area contributed by atoms with Gasteiger partial charge in [0.2, 0.25) is 0 Å². The van der Waals surface area contributed by atoms with Crippen molar-refractivity contribution >= 4 is 0 Å². The van der Waals surface area contributed by atoms with Crippen LogP contribution in [0.5, 0.6) is 17.2 Å². The Kier molecular flexibility index (Phi) is 6.50. The summed E-state index contributed by atoms with van der Waals surface area (Å²) in [4.78, 5) is 0. The summed E-state index contributed by atoms with van der Waals surface area (Å²) in [6, 6.07) is 14.1. The predicted molar refractivity (Wildman–Crippen MR) is 97.3 cm³/mol. The summed E-state index contributed by atoms with van der Waals surface area (Å²) < 4.78 is 16.7. The van der Waals surface area contributed by atoms with Gasteiger partial charge >= 0.3 is 0 Å². The van der Waals surface area contributed by atoms with Gasteiger partial charge in [-0.3, -0.25) is 0 Å². The van der Waals surface area contributed by atoms with Gasteiger partial charge in [0.1, 0.15) is 5.75 Å². The Labute approximate surface area is 144 Å². The molecule has 0 heterocycles. The monoisotopic (exact) mass is 329 g/mol. The van der Waals surface area contributed by atoms with Crippen molar-refractivity contribution in [2.24, 2.45) is 5.73 Å². The van der Waals surface area contributed by atoms with Gasteiger partial charge in [0.05, 0.1) is 20.3 Å². The molecule has 4 nitrogen and oxygen atoms in total. The molecule has 4 heteroatoms. The molecular weight excluding hydrogens is 302 g/mol. The minimum Gasteiger partial charge on any atom is -0.496 e. The van der Waals surface area contributed by atoms with Gasteiger partial charge in [-0.2, -0.15) is 0 Å². The van der Waals surface area contributed by atoms with Crippen molar-refractivity contribution in [3.05, 3.63) is 53.6 Å². The molecule has 0 spiro atoms. The lowest BCUT2D eigenvalue weighted by atomic mass is 9.91. The van der Waals surface area contributed by atoms with Crippen LogP contribution in [0.1, 0.15) is 30.9 Å². The van der Waals surface area contributed by atoms with Crippen LogP contribution in [0.25, 0.3) is 0 Å². The maximum absolute atomic E-state index is 6.04. The van der Waals surface area contributed by atoms with E-state index in [-0.39, 0.29) is 12.0 Å². The standard InChI is InChI=1S/C20H27NO3/c1-14(2)24-20-12-15(9-10-19(20)23-4)11-16(13-21)17-7-5-6-8-18(17)22-3/h5-10,12,14,16H,11,13,21H2,1-4H3.